The van der Waals surface area contributed by atoms with E-state index in [0.717, 1.165) is 18.7 Å². The molecule has 3 nitrogen and oxygen atoms in total. The lowest BCUT2D eigenvalue weighted by Gasteiger charge is -2.26. The molecule has 0 aliphatic rings. The summed E-state index contributed by atoms with van der Waals surface area (Å²) in [5.41, 5.74) is 4.29. The fourth-order valence-corrected chi connectivity index (χ4v) is 2.52. The van der Waals surface area contributed by atoms with Crippen molar-refractivity contribution in [3.8, 4) is 6.19 Å². The average molecular weight is 331 g/mol. The van der Waals surface area contributed by atoms with Gasteiger partial charge in [0.1, 0.15) is 0 Å². The van der Waals surface area contributed by atoms with Gasteiger partial charge >= 0.3 is 0 Å². The molecule has 0 unspecified atom stereocenters. The van der Waals surface area contributed by atoms with Gasteiger partial charge in [-0.2, -0.15) is 5.26 Å². The topological polar surface area (TPSA) is 39.1 Å². The Morgan fingerprint density at radius 1 is 1.08 bits per heavy atom. The van der Waals surface area contributed by atoms with Crippen LogP contribution in [0.1, 0.15) is 30.5 Å². The quantitative estimate of drug-likeness (QED) is 0.433. The summed E-state index contributed by atoms with van der Waals surface area (Å²) in [5.74, 6) is 0. The van der Waals surface area contributed by atoms with E-state index in [-0.39, 0.29) is 0 Å². The molecule has 128 valence electrons. The Bertz CT molecular complexity index is 737. The zero-order valence-corrected chi connectivity index (χ0v) is 14.9. The first kappa shape index (κ1) is 18.5. The van der Waals surface area contributed by atoms with Gasteiger partial charge in [-0.3, -0.25) is 10.2 Å². The third-order valence-corrected chi connectivity index (χ3v) is 4.02. The number of nitrogens with one attached hydrogen (secondary N) is 1. The largest absolute Gasteiger partial charge is 0.293 e. The van der Waals surface area contributed by atoms with Crippen LogP contribution >= 0.6 is 0 Å². The van der Waals surface area contributed by atoms with E-state index >= 15 is 0 Å². The highest BCUT2D eigenvalue weighted by Gasteiger charge is 2.10. The van der Waals surface area contributed by atoms with E-state index in [2.05, 4.69) is 85.2 Å². The van der Waals surface area contributed by atoms with Crippen LogP contribution in [0.3, 0.4) is 0 Å². The third kappa shape index (κ3) is 6.29. The van der Waals surface area contributed by atoms with E-state index in [9.17, 15) is 0 Å². The second kappa shape index (κ2) is 9.46. The van der Waals surface area contributed by atoms with Gasteiger partial charge in [-0.15, -0.1) is 0 Å². The van der Waals surface area contributed by atoms with Gasteiger partial charge in [-0.1, -0.05) is 67.3 Å². The summed E-state index contributed by atoms with van der Waals surface area (Å²) in [6, 6.07) is 19.5. The average Bonchev–Trinajstić information content (AvgIpc) is 2.61. The van der Waals surface area contributed by atoms with E-state index in [1.165, 1.54) is 11.1 Å². The van der Waals surface area contributed by atoms with E-state index in [4.69, 9.17) is 5.26 Å². The van der Waals surface area contributed by atoms with Crippen molar-refractivity contribution in [1.29, 1.82) is 5.26 Å². The lowest BCUT2D eigenvalue weighted by atomic mass is 10.1. The molecule has 0 heterocycles. The SMILES string of the molecule is C=C(/C=C/c1ccc(CN(Cc2ccccc2)C(C)C)cc1)NC#N. The van der Waals surface area contributed by atoms with Crippen LogP contribution < -0.4 is 5.32 Å². The Labute approximate surface area is 150 Å². The molecule has 0 saturated carbocycles. The Morgan fingerprint density at radius 3 is 2.24 bits per heavy atom. The van der Waals surface area contributed by atoms with E-state index in [0.29, 0.717) is 11.7 Å². The number of benzene rings is 2. The molecule has 0 aliphatic heterocycles. The Balaban J connectivity index is 2.00. The predicted octanol–water partition coefficient (Wildman–Crippen LogP) is 4.69. The number of hydrogen-bond acceptors (Lipinski definition) is 3. The molecule has 25 heavy (non-hydrogen) atoms. The van der Waals surface area contributed by atoms with Crippen LogP contribution in [0.5, 0.6) is 0 Å². The summed E-state index contributed by atoms with van der Waals surface area (Å²) in [7, 11) is 0. The van der Waals surface area contributed by atoms with Crippen LogP contribution in [0.4, 0.5) is 0 Å². The van der Waals surface area contributed by atoms with Gasteiger partial charge in [0.15, 0.2) is 6.19 Å². The monoisotopic (exact) mass is 331 g/mol. The molecule has 0 aromatic heterocycles. The van der Waals surface area contributed by atoms with Crippen molar-refractivity contribution in [2.45, 2.75) is 33.0 Å². The molecule has 0 atom stereocenters. The second-order valence-electron chi connectivity index (χ2n) is 6.32. The van der Waals surface area contributed by atoms with Crippen molar-refractivity contribution in [3.05, 3.63) is 89.6 Å². The lowest BCUT2D eigenvalue weighted by Crippen LogP contribution is -2.29. The molecule has 0 radical (unpaired) electrons. The van der Waals surface area contributed by atoms with Gasteiger partial charge in [-0.25, -0.2) is 0 Å². The van der Waals surface area contributed by atoms with Crippen molar-refractivity contribution < 1.29 is 0 Å². The highest BCUT2D eigenvalue weighted by Crippen LogP contribution is 2.14. The minimum Gasteiger partial charge on any atom is -0.293 e. The minimum atomic E-state index is 0.472. The van der Waals surface area contributed by atoms with Crippen molar-refractivity contribution in [2.24, 2.45) is 0 Å². The summed E-state index contributed by atoms with van der Waals surface area (Å²) in [4.78, 5) is 2.46. The Morgan fingerprint density at radius 2 is 1.68 bits per heavy atom. The number of nitrogens with zero attached hydrogens (tertiary/aromatic N) is 2. The van der Waals surface area contributed by atoms with Crippen LogP contribution in [-0.4, -0.2) is 10.9 Å². The molecule has 0 aliphatic carbocycles. The normalized spacial score (nSPS) is 11.0. The first-order valence-electron chi connectivity index (χ1n) is 8.47. The van der Waals surface area contributed by atoms with Crippen LogP contribution in [0.2, 0.25) is 0 Å². The maximum atomic E-state index is 8.54. The molecule has 2 aromatic carbocycles. The molecule has 0 saturated heterocycles. The van der Waals surface area contributed by atoms with E-state index < -0.39 is 0 Å². The van der Waals surface area contributed by atoms with Crippen molar-refractivity contribution in [2.75, 3.05) is 0 Å². The van der Waals surface area contributed by atoms with Crippen LogP contribution in [0.15, 0.2) is 72.9 Å². The highest BCUT2D eigenvalue weighted by molar-refractivity contribution is 5.52. The first-order valence-corrected chi connectivity index (χ1v) is 8.47. The minimum absolute atomic E-state index is 0.472. The molecule has 2 rings (SSSR count). The molecular formula is C22H25N3. The fraction of sp³-hybridized carbons (Fsp3) is 0.227. The van der Waals surface area contributed by atoms with E-state index in [1.807, 2.05) is 12.3 Å². The molecule has 0 fully saturated rings. The summed E-state index contributed by atoms with van der Waals surface area (Å²) in [6.07, 6.45) is 5.60. The zero-order valence-electron chi connectivity index (χ0n) is 14.9. The maximum Gasteiger partial charge on any atom is 0.181 e. The lowest BCUT2D eigenvalue weighted by molar-refractivity contribution is 0.203. The Hall–Kier alpha value is -2.83. The molecule has 3 heteroatoms. The molecular weight excluding hydrogens is 306 g/mol. The van der Waals surface area contributed by atoms with Crippen molar-refractivity contribution >= 4 is 6.08 Å². The summed E-state index contributed by atoms with van der Waals surface area (Å²) in [6.45, 7) is 10.1. The number of allylic oxidation sites excluding steroid dienone is 1. The zero-order chi connectivity index (χ0) is 18.1. The van der Waals surface area contributed by atoms with Gasteiger partial charge in [0.2, 0.25) is 0 Å². The van der Waals surface area contributed by atoms with Gasteiger partial charge in [0.05, 0.1) is 0 Å². The van der Waals surface area contributed by atoms with E-state index in [1.54, 1.807) is 6.08 Å². The molecule has 2 aromatic rings. The van der Waals surface area contributed by atoms with Gasteiger partial charge in [0, 0.05) is 24.8 Å². The number of hydrogen-bond donors (Lipinski definition) is 1. The van der Waals surface area contributed by atoms with Crippen molar-refractivity contribution in [3.63, 3.8) is 0 Å². The van der Waals surface area contributed by atoms with Gasteiger partial charge < -0.3 is 0 Å². The summed E-state index contributed by atoms with van der Waals surface area (Å²) in [5, 5.41) is 11.1. The summed E-state index contributed by atoms with van der Waals surface area (Å²) < 4.78 is 0. The van der Waals surface area contributed by atoms with Crippen LogP contribution in [0, 0.1) is 11.5 Å². The highest BCUT2D eigenvalue weighted by atomic mass is 15.1. The fourth-order valence-electron chi connectivity index (χ4n) is 2.52. The maximum absolute atomic E-state index is 8.54. The van der Waals surface area contributed by atoms with Crippen molar-refractivity contribution in [1.82, 2.24) is 10.2 Å². The Kier molecular flexibility index (Phi) is 7.00. The molecule has 1 N–H and O–H groups in total. The summed E-state index contributed by atoms with van der Waals surface area (Å²) >= 11 is 0. The van der Waals surface area contributed by atoms with Gasteiger partial charge in [0.25, 0.3) is 0 Å². The molecule has 0 bridgehead atoms. The smallest absolute Gasteiger partial charge is 0.181 e. The van der Waals surface area contributed by atoms with Crippen LogP contribution in [-0.2, 0) is 13.1 Å². The second-order valence-corrected chi connectivity index (χ2v) is 6.32. The van der Waals surface area contributed by atoms with Crippen LogP contribution in [0.25, 0.3) is 6.08 Å². The first-order chi connectivity index (χ1) is 12.1. The van der Waals surface area contributed by atoms with Gasteiger partial charge in [-0.05, 0) is 36.6 Å². The number of rotatable bonds is 8. The standard InChI is InChI=1S/C22H25N3/c1-18(2)25(15-21-7-5-4-6-8-21)16-22-13-11-20(12-14-22)10-9-19(3)24-17-23/h4-14,18,24H,3,15-16H2,1-2H3/b10-9+. The number of nitriles is 1. The molecule has 0 spiro atoms. The third-order valence-electron chi connectivity index (χ3n) is 4.02. The predicted molar refractivity (Wildman–Crippen MR) is 104 cm³/mol. The molecule has 0 amide bonds.